The molecule has 2 fully saturated rings. The Kier molecular flexibility index (Phi) is 10.9. The summed E-state index contributed by atoms with van der Waals surface area (Å²) in [5.41, 5.74) is 0.0557. The van der Waals surface area contributed by atoms with E-state index >= 15 is 0 Å². The standard InChI is InChI=1S/C43H51N3O12/c1-24-15-32(49)30-16-27-17-34(58-55-23-43(54,39(52)36(51)33(50)22-47)18-25-5-7-29(48)8-6-25)41(2,13-9-28-19-45-40(53)42(28)11-3-4-12-42)57-37(27)35(38(30)56-24)46-20-26-10-14-44-31(26)21-46/h5-8,10,14-16,21,28,33-34,36,39,47-48,50-52,54H,3-4,9,11-13,17-20,22-23H2,1-2H3,(H,45,53)/p+1. The quantitative estimate of drug-likeness (QED) is 0.0855. The van der Waals surface area contributed by atoms with Gasteiger partial charge in [0.15, 0.2) is 11.2 Å². The molecule has 3 aromatic rings. The van der Waals surface area contributed by atoms with Crippen LogP contribution in [0.2, 0.25) is 0 Å². The number of phenols is 1. The highest BCUT2D eigenvalue weighted by Crippen LogP contribution is 2.51. The summed E-state index contributed by atoms with van der Waals surface area (Å²) in [5, 5.41) is 66.8. The van der Waals surface area contributed by atoms with Gasteiger partial charge in [0.05, 0.1) is 17.4 Å². The molecular weight excluding hydrogens is 750 g/mol. The summed E-state index contributed by atoms with van der Waals surface area (Å²) in [4.78, 5) is 44.2. The van der Waals surface area contributed by atoms with Crippen molar-refractivity contribution in [1.29, 1.82) is 0 Å². The second kappa shape index (κ2) is 15.6. The first-order valence-corrected chi connectivity index (χ1v) is 20.1. The molecule has 0 bridgehead atoms. The van der Waals surface area contributed by atoms with Gasteiger partial charge in [-0.15, -0.1) is 0 Å². The van der Waals surface area contributed by atoms with E-state index < -0.39 is 54.2 Å². The van der Waals surface area contributed by atoms with Gasteiger partial charge in [0.1, 0.15) is 72.2 Å². The van der Waals surface area contributed by atoms with Crippen LogP contribution in [0.3, 0.4) is 0 Å². The highest BCUT2D eigenvalue weighted by Gasteiger charge is 2.54. The van der Waals surface area contributed by atoms with Gasteiger partial charge < -0.3 is 45.1 Å². The van der Waals surface area contributed by atoms with Crippen LogP contribution < -0.4 is 20.4 Å². The molecule has 8 unspecified atom stereocenters. The molecule has 8 N–H and O–H groups in total. The van der Waals surface area contributed by atoms with Gasteiger partial charge in [-0.25, -0.2) is 9.78 Å². The van der Waals surface area contributed by atoms with E-state index in [4.69, 9.17) is 18.9 Å². The fourth-order valence-corrected chi connectivity index (χ4v) is 9.62. The number of amides is 1. The third-order valence-electron chi connectivity index (χ3n) is 13.0. The average molecular weight is 803 g/mol. The summed E-state index contributed by atoms with van der Waals surface area (Å²) in [6.07, 6.45) is 3.72. The van der Waals surface area contributed by atoms with Crippen molar-refractivity contribution in [1.82, 2.24) is 5.32 Å². The zero-order chi connectivity index (χ0) is 41.0. The molecular formula is C43H52N3O12+. The van der Waals surface area contributed by atoms with Crippen LogP contribution in [0.15, 0.2) is 74.1 Å². The Hall–Kier alpha value is -4.45. The van der Waals surface area contributed by atoms with E-state index in [1.807, 2.05) is 19.2 Å². The monoisotopic (exact) mass is 802 g/mol. The summed E-state index contributed by atoms with van der Waals surface area (Å²) >= 11 is 0. The molecule has 15 nitrogen and oxygen atoms in total. The zero-order valence-corrected chi connectivity index (χ0v) is 32.6. The molecule has 1 spiro atoms. The van der Waals surface area contributed by atoms with Gasteiger partial charge in [0, 0.05) is 42.8 Å². The van der Waals surface area contributed by atoms with Crippen molar-refractivity contribution in [3.05, 3.63) is 87.1 Å². The summed E-state index contributed by atoms with van der Waals surface area (Å²) in [7, 11) is 0. The topological polar surface area (TPSA) is 225 Å². The van der Waals surface area contributed by atoms with E-state index in [1.54, 1.807) is 19.2 Å². The summed E-state index contributed by atoms with van der Waals surface area (Å²) in [5.74, 6) is 1.13. The SMILES string of the molecule is Cc1cc(=O)c2cc3c(c([NH+]4C=C5N=CC=C5C4)c2o1)OC(C)(CCC1CNC(=O)C12CCCC2)C(OOCC(O)(Cc1ccc(O)cc1)C(O)C(O)C(O)CO)C3. The maximum absolute atomic E-state index is 13.5. The van der Waals surface area contributed by atoms with Crippen molar-refractivity contribution in [2.24, 2.45) is 16.3 Å². The summed E-state index contributed by atoms with van der Waals surface area (Å²) < 4.78 is 13.4. The number of allylic oxidation sites excluding steroid dienone is 1. The molecule has 1 saturated carbocycles. The number of carbonyl (C=O) groups is 1. The lowest BCUT2D eigenvalue weighted by Gasteiger charge is -2.43. The van der Waals surface area contributed by atoms with E-state index in [-0.39, 0.29) is 35.8 Å². The number of ether oxygens (including phenoxy) is 1. The van der Waals surface area contributed by atoms with Crippen LogP contribution in [0.5, 0.6) is 11.5 Å². The predicted octanol–water partition coefficient (Wildman–Crippen LogP) is 1.34. The van der Waals surface area contributed by atoms with Gasteiger partial charge in [-0.1, -0.05) is 25.0 Å². The van der Waals surface area contributed by atoms with Gasteiger partial charge >= 0.3 is 0 Å². The Morgan fingerprint density at radius 3 is 2.60 bits per heavy atom. The molecule has 0 radical (unpaired) electrons. The zero-order valence-electron chi connectivity index (χ0n) is 32.6. The van der Waals surface area contributed by atoms with Crippen LogP contribution >= 0.6 is 0 Å². The normalized spacial score (nSPS) is 27.1. The van der Waals surface area contributed by atoms with E-state index in [1.165, 1.54) is 30.3 Å². The lowest BCUT2D eigenvalue weighted by atomic mass is 9.72. The number of benzene rings is 2. The molecule has 1 amide bonds. The Morgan fingerprint density at radius 1 is 1.12 bits per heavy atom. The molecule has 8 atom stereocenters. The second-order valence-corrected chi connectivity index (χ2v) is 16.9. The van der Waals surface area contributed by atoms with Gasteiger partial charge in [0.2, 0.25) is 17.2 Å². The minimum Gasteiger partial charge on any atom is -0.508 e. The Morgan fingerprint density at radius 2 is 1.88 bits per heavy atom. The number of aliphatic hydroxyl groups excluding tert-OH is 4. The van der Waals surface area contributed by atoms with Crippen LogP contribution in [-0.4, -0.2) is 105 Å². The van der Waals surface area contributed by atoms with Crippen molar-refractivity contribution >= 4 is 28.8 Å². The van der Waals surface area contributed by atoms with Crippen molar-refractivity contribution in [2.45, 2.75) is 101 Å². The van der Waals surface area contributed by atoms with E-state index in [0.717, 1.165) is 41.9 Å². The Balaban J connectivity index is 1.14. The van der Waals surface area contributed by atoms with Gasteiger partial charge in [-0.05, 0) is 75.3 Å². The first-order chi connectivity index (χ1) is 27.7. The molecule has 5 heterocycles. The number of aliphatic hydroxyl groups is 5. The van der Waals surface area contributed by atoms with Crippen LogP contribution in [-0.2, 0) is 27.4 Å². The third kappa shape index (κ3) is 7.28. The fourth-order valence-electron chi connectivity index (χ4n) is 9.62. The smallest absolute Gasteiger partial charge is 0.226 e. The Labute approximate surface area is 334 Å². The molecule has 1 aromatic heterocycles. The minimum absolute atomic E-state index is 0.0168. The second-order valence-electron chi connectivity index (χ2n) is 16.9. The molecule has 1 aliphatic carbocycles. The summed E-state index contributed by atoms with van der Waals surface area (Å²) in [6, 6.07) is 9.06. The van der Waals surface area contributed by atoms with Gasteiger partial charge in [-0.2, -0.15) is 0 Å². The minimum atomic E-state index is -2.26. The maximum atomic E-state index is 13.5. The first kappa shape index (κ1) is 40.3. The number of fused-ring (bicyclic) bond motifs is 3. The van der Waals surface area contributed by atoms with Crippen molar-refractivity contribution in [2.75, 3.05) is 26.3 Å². The number of carbonyl (C=O) groups excluding carboxylic acids is 1. The number of hydrogen-bond donors (Lipinski definition) is 8. The molecule has 1 saturated heterocycles. The van der Waals surface area contributed by atoms with Crippen LogP contribution in [0.4, 0.5) is 5.69 Å². The number of rotatable bonds is 14. The van der Waals surface area contributed by atoms with Crippen LogP contribution in [0, 0.1) is 18.3 Å². The Bertz CT molecular complexity index is 2210. The number of aliphatic imine (C=N–C) groups is 1. The number of nitrogens with one attached hydrogen (secondary N) is 2. The average Bonchev–Trinajstić information content (AvgIpc) is 4.01. The lowest BCUT2D eigenvalue weighted by molar-refractivity contribution is -0.763. The highest BCUT2D eigenvalue weighted by atomic mass is 17.2. The van der Waals surface area contributed by atoms with Crippen molar-refractivity contribution < 1.29 is 59.3 Å². The number of nitrogens with zero attached hydrogens (tertiary/aromatic N) is 1. The van der Waals surface area contributed by atoms with Crippen molar-refractivity contribution in [3.63, 3.8) is 0 Å². The largest absolute Gasteiger partial charge is 0.508 e. The number of aryl methyl sites for hydroxylation is 1. The molecule has 2 aromatic carbocycles. The molecule has 15 heteroatoms. The predicted molar refractivity (Wildman–Crippen MR) is 209 cm³/mol. The number of phenolic OH excluding ortho intramolecular Hbond substituents is 1. The maximum Gasteiger partial charge on any atom is 0.226 e. The van der Waals surface area contributed by atoms with Gasteiger partial charge in [-0.3, -0.25) is 19.5 Å². The summed E-state index contributed by atoms with van der Waals surface area (Å²) in [6.45, 7) is 3.18. The molecule has 4 aliphatic heterocycles. The third-order valence-corrected chi connectivity index (χ3v) is 13.0. The lowest BCUT2D eigenvalue weighted by Crippen LogP contribution is -3.01. The first-order valence-electron chi connectivity index (χ1n) is 20.1. The van der Waals surface area contributed by atoms with Crippen LogP contribution in [0.25, 0.3) is 11.0 Å². The van der Waals surface area contributed by atoms with E-state index in [9.17, 15) is 40.2 Å². The van der Waals surface area contributed by atoms with Gasteiger partial charge in [0.25, 0.3) is 0 Å². The highest BCUT2D eigenvalue weighted by molar-refractivity contribution is 5.90. The number of hydrogen-bond acceptors (Lipinski definition) is 13. The number of aromatic hydroxyl groups is 1. The fraction of sp³-hybridized carbons (Fsp3) is 0.512. The molecule has 5 aliphatic rings. The van der Waals surface area contributed by atoms with E-state index in [2.05, 4.69) is 10.3 Å². The molecule has 8 rings (SSSR count). The molecule has 58 heavy (non-hydrogen) atoms. The molecule has 310 valence electrons. The van der Waals surface area contributed by atoms with E-state index in [0.29, 0.717) is 65.2 Å². The number of quaternary nitrogens is 1. The van der Waals surface area contributed by atoms with Crippen molar-refractivity contribution in [3.8, 4) is 11.5 Å². The van der Waals surface area contributed by atoms with Crippen LogP contribution in [0.1, 0.15) is 62.3 Å².